The molecule has 6 rings (SSSR count). The number of anilines is 1. The smallest absolute Gasteiger partial charge is 0.173 e. The van der Waals surface area contributed by atoms with Gasteiger partial charge in [0.05, 0.1) is 10.7 Å². The predicted molar refractivity (Wildman–Crippen MR) is 117 cm³/mol. The standard InChI is InChI=1S/C21H27Cl2N3S/c22-17-1-2-18(23)19(12-17)24-21(27)26-5-3-25(4-6-26)20-15-8-13-7-14(10-15)11-16(20)9-13/h1-2,12-16,20H,3-11H2,(H,24,27). The molecule has 1 saturated heterocycles. The summed E-state index contributed by atoms with van der Waals surface area (Å²) < 4.78 is 0. The minimum Gasteiger partial charge on any atom is -0.346 e. The van der Waals surface area contributed by atoms with Crippen LogP contribution in [0.5, 0.6) is 0 Å². The van der Waals surface area contributed by atoms with Crippen LogP contribution in [0.25, 0.3) is 0 Å². The zero-order chi connectivity index (χ0) is 18.5. The summed E-state index contributed by atoms with van der Waals surface area (Å²) in [7, 11) is 0. The average Bonchev–Trinajstić information content (AvgIpc) is 2.64. The molecule has 0 unspecified atom stereocenters. The van der Waals surface area contributed by atoms with E-state index in [0.717, 1.165) is 66.7 Å². The van der Waals surface area contributed by atoms with Gasteiger partial charge in [-0.2, -0.15) is 0 Å². The van der Waals surface area contributed by atoms with Crippen LogP contribution in [-0.2, 0) is 0 Å². The monoisotopic (exact) mass is 423 g/mol. The number of thiocarbonyl (C=S) groups is 1. The molecule has 6 heteroatoms. The van der Waals surface area contributed by atoms with E-state index in [4.69, 9.17) is 35.4 Å². The number of rotatable bonds is 2. The highest BCUT2D eigenvalue weighted by Gasteiger charge is 2.50. The first-order chi connectivity index (χ1) is 13.1. The molecule has 5 fully saturated rings. The third kappa shape index (κ3) is 3.59. The van der Waals surface area contributed by atoms with E-state index in [2.05, 4.69) is 15.1 Å². The highest BCUT2D eigenvalue weighted by atomic mass is 35.5. The molecule has 146 valence electrons. The van der Waals surface area contributed by atoms with Crippen LogP contribution in [0.15, 0.2) is 18.2 Å². The lowest BCUT2D eigenvalue weighted by Crippen LogP contribution is -2.60. The lowest BCUT2D eigenvalue weighted by atomic mass is 9.54. The lowest BCUT2D eigenvalue weighted by Gasteiger charge is -2.58. The second kappa shape index (κ2) is 7.37. The van der Waals surface area contributed by atoms with Crippen LogP contribution < -0.4 is 5.32 Å². The van der Waals surface area contributed by atoms with E-state index in [0.29, 0.717) is 10.0 Å². The van der Waals surface area contributed by atoms with Gasteiger partial charge in [-0.1, -0.05) is 23.2 Å². The summed E-state index contributed by atoms with van der Waals surface area (Å²) in [6, 6.07) is 6.27. The molecule has 4 saturated carbocycles. The van der Waals surface area contributed by atoms with E-state index in [9.17, 15) is 0 Å². The van der Waals surface area contributed by atoms with Gasteiger partial charge in [0, 0.05) is 37.2 Å². The van der Waals surface area contributed by atoms with Crippen molar-refractivity contribution in [3.05, 3.63) is 28.2 Å². The maximum absolute atomic E-state index is 6.27. The molecule has 1 aromatic carbocycles. The van der Waals surface area contributed by atoms with Crippen LogP contribution >= 0.6 is 35.4 Å². The Bertz CT molecular complexity index is 704. The van der Waals surface area contributed by atoms with Crippen LogP contribution in [0.1, 0.15) is 32.1 Å². The predicted octanol–water partition coefficient (Wildman–Crippen LogP) is 5.13. The number of piperazine rings is 1. The van der Waals surface area contributed by atoms with E-state index >= 15 is 0 Å². The highest BCUT2D eigenvalue weighted by Crippen LogP contribution is 2.55. The molecule has 3 nitrogen and oxygen atoms in total. The molecule has 0 aromatic heterocycles. The van der Waals surface area contributed by atoms with E-state index in [1.54, 1.807) is 12.1 Å². The van der Waals surface area contributed by atoms with E-state index < -0.39 is 0 Å². The molecule has 1 heterocycles. The van der Waals surface area contributed by atoms with Crippen LogP contribution in [0.4, 0.5) is 5.69 Å². The van der Waals surface area contributed by atoms with Crippen molar-refractivity contribution in [2.45, 2.75) is 38.1 Å². The van der Waals surface area contributed by atoms with Crippen molar-refractivity contribution in [2.24, 2.45) is 23.7 Å². The molecule has 4 bridgehead atoms. The number of hydrogen-bond acceptors (Lipinski definition) is 2. The molecule has 4 aliphatic carbocycles. The van der Waals surface area contributed by atoms with Crippen LogP contribution in [-0.4, -0.2) is 47.1 Å². The number of nitrogens with zero attached hydrogens (tertiary/aromatic N) is 2. The Labute approximate surface area is 177 Å². The zero-order valence-corrected chi connectivity index (χ0v) is 17.9. The van der Waals surface area contributed by atoms with E-state index in [1.807, 2.05) is 6.07 Å². The number of benzene rings is 1. The Morgan fingerprint density at radius 2 is 1.56 bits per heavy atom. The summed E-state index contributed by atoms with van der Waals surface area (Å²) in [5, 5.41) is 5.35. The van der Waals surface area contributed by atoms with E-state index in [-0.39, 0.29) is 0 Å². The van der Waals surface area contributed by atoms with Gasteiger partial charge in [0.15, 0.2) is 5.11 Å². The van der Waals surface area contributed by atoms with Gasteiger partial charge < -0.3 is 10.2 Å². The molecule has 1 N–H and O–H groups in total. The minimum absolute atomic E-state index is 0.647. The van der Waals surface area contributed by atoms with Gasteiger partial charge in [-0.25, -0.2) is 0 Å². The van der Waals surface area contributed by atoms with Crippen molar-refractivity contribution >= 4 is 46.2 Å². The second-order valence-electron chi connectivity index (χ2n) is 9.00. The van der Waals surface area contributed by atoms with Crippen LogP contribution in [0.2, 0.25) is 10.0 Å². The first kappa shape index (κ1) is 18.5. The maximum Gasteiger partial charge on any atom is 0.173 e. The molecule has 0 spiro atoms. The molecule has 0 amide bonds. The Hall–Kier alpha value is -0.550. The zero-order valence-electron chi connectivity index (χ0n) is 15.5. The normalized spacial score (nSPS) is 35.5. The Kier molecular flexibility index (Phi) is 5.04. The second-order valence-corrected chi connectivity index (χ2v) is 10.2. The fraction of sp³-hybridized carbons (Fsp3) is 0.667. The Morgan fingerprint density at radius 3 is 2.19 bits per heavy atom. The molecule has 0 radical (unpaired) electrons. The molecule has 27 heavy (non-hydrogen) atoms. The van der Waals surface area contributed by atoms with Crippen molar-refractivity contribution in [2.75, 3.05) is 31.5 Å². The van der Waals surface area contributed by atoms with Crippen molar-refractivity contribution in [3.63, 3.8) is 0 Å². The fourth-order valence-electron chi connectivity index (χ4n) is 6.50. The molecule has 1 aromatic rings. The Morgan fingerprint density at radius 1 is 0.926 bits per heavy atom. The quantitative estimate of drug-likeness (QED) is 0.663. The summed E-state index contributed by atoms with van der Waals surface area (Å²) in [5.74, 6) is 4.01. The van der Waals surface area contributed by atoms with Crippen LogP contribution in [0, 0.1) is 23.7 Å². The van der Waals surface area contributed by atoms with Gasteiger partial charge >= 0.3 is 0 Å². The fourth-order valence-corrected chi connectivity index (χ4v) is 7.13. The minimum atomic E-state index is 0.647. The maximum atomic E-state index is 6.27. The van der Waals surface area contributed by atoms with Crippen molar-refractivity contribution in [1.82, 2.24) is 9.80 Å². The Balaban J connectivity index is 1.19. The summed E-state index contributed by atoms with van der Waals surface area (Å²) in [6.45, 7) is 4.23. The summed E-state index contributed by atoms with van der Waals surface area (Å²) in [5.41, 5.74) is 0.789. The first-order valence-electron chi connectivity index (χ1n) is 10.3. The number of hydrogen-bond donors (Lipinski definition) is 1. The molecule has 5 aliphatic rings. The SMILES string of the molecule is S=C(Nc1cc(Cl)ccc1Cl)N1CCN(C2C3CC4CC(C3)CC2C4)CC1. The van der Waals surface area contributed by atoms with Gasteiger partial charge in [-0.15, -0.1) is 0 Å². The third-order valence-corrected chi connectivity index (χ3v) is 8.30. The third-order valence-electron chi connectivity index (χ3n) is 7.37. The molecular formula is C21H27Cl2N3S. The van der Waals surface area contributed by atoms with Gasteiger partial charge in [0.25, 0.3) is 0 Å². The molecular weight excluding hydrogens is 397 g/mol. The van der Waals surface area contributed by atoms with Gasteiger partial charge in [-0.3, -0.25) is 4.90 Å². The van der Waals surface area contributed by atoms with Gasteiger partial charge in [0.2, 0.25) is 0 Å². The van der Waals surface area contributed by atoms with Crippen molar-refractivity contribution in [1.29, 1.82) is 0 Å². The number of halogens is 2. The van der Waals surface area contributed by atoms with Gasteiger partial charge in [-0.05, 0) is 86.2 Å². The average molecular weight is 424 g/mol. The van der Waals surface area contributed by atoms with Crippen LogP contribution in [0.3, 0.4) is 0 Å². The van der Waals surface area contributed by atoms with Gasteiger partial charge in [0.1, 0.15) is 0 Å². The topological polar surface area (TPSA) is 18.5 Å². The number of nitrogens with one attached hydrogen (secondary N) is 1. The van der Waals surface area contributed by atoms with E-state index in [1.165, 1.54) is 32.1 Å². The summed E-state index contributed by atoms with van der Waals surface area (Å²) in [4.78, 5) is 5.07. The lowest BCUT2D eigenvalue weighted by molar-refractivity contribution is -0.0726. The van der Waals surface area contributed by atoms with Crippen molar-refractivity contribution in [3.8, 4) is 0 Å². The van der Waals surface area contributed by atoms with Crippen molar-refractivity contribution < 1.29 is 0 Å². The summed E-state index contributed by atoms with van der Waals surface area (Å²) >= 11 is 18.0. The summed E-state index contributed by atoms with van der Waals surface area (Å²) in [6.07, 6.45) is 7.49. The molecule has 0 atom stereocenters. The molecule has 1 aliphatic heterocycles. The largest absolute Gasteiger partial charge is 0.346 e. The first-order valence-corrected chi connectivity index (χ1v) is 11.5. The highest BCUT2D eigenvalue weighted by molar-refractivity contribution is 7.80.